The van der Waals surface area contributed by atoms with Crippen LogP contribution in [0.4, 0.5) is 4.39 Å². The third-order valence-electron chi connectivity index (χ3n) is 2.79. The minimum atomic E-state index is -1.47. The summed E-state index contributed by atoms with van der Waals surface area (Å²) in [5.74, 6) is 0. The Hall–Kier alpha value is -0.370. The number of alkyl halides is 1. The van der Waals surface area contributed by atoms with E-state index < -0.39 is 36.0 Å². The van der Waals surface area contributed by atoms with Crippen LogP contribution in [0.3, 0.4) is 0 Å². The second-order valence-corrected chi connectivity index (χ2v) is 5.05. The molecule has 0 amide bonds. The maximum atomic E-state index is 13.9. The van der Waals surface area contributed by atoms with Gasteiger partial charge in [0.2, 0.25) is 0 Å². The third-order valence-corrected chi connectivity index (χ3v) is 3.95. The molecule has 0 aliphatic carbocycles. The van der Waals surface area contributed by atoms with E-state index in [1.54, 1.807) is 7.05 Å². The Morgan fingerprint density at radius 1 is 1.62 bits per heavy atom. The molecule has 2 heterocycles. The van der Waals surface area contributed by atoms with Gasteiger partial charge in [-0.3, -0.25) is 4.99 Å². The monoisotopic (exact) mass is 250 g/mol. The van der Waals surface area contributed by atoms with Crippen molar-refractivity contribution in [1.82, 2.24) is 5.32 Å². The van der Waals surface area contributed by atoms with Gasteiger partial charge in [-0.1, -0.05) is 11.8 Å². The van der Waals surface area contributed by atoms with Crippen molar-refractivity contribution in [3.8, 4) is 0 Å². The molecule has 2 aliphatic heterocycles. The van der Waals surface area contributed by atoms with Gasteiger partial charge in [-0.2, -0.15) is 0 Å². The van der Waals surface area contributed by atoms with Gasteiger partial charge in [-0.05, 0) is 6.92 Å². The highest BCUT2D eigenvalue weighted by Gasteiger charge is 2.51. The van der Waals surface area contributed by atoms with Gasteiger partial charge in [0.25, 0.3) is 0 Å². The summed E-state index contributed by atoms with van der Waals surface area (Å²) >= 11 is 1.28. The fourth-order valence-electron chi connectivity index (χ4n) is 1.92. The second kappa shape index (κ2) is 4.48. The summed E-state index contributed by atoms with van der Waals surface area (Å²) in [6.07, 6.45) is -4.57. The summed E-state index contributed by atoms with van der Waals surface area (Å²) in [5, 5.41) is 22.5. The minimum Gasteiger partial charge on any atom is -0.391 e. The number of aliphatic hydroxyl groups is 2. The fourth-order valence-corrected chi connectivity index (χ4v) is 2.99. The number of amidine groups is 1. The predicted molar refractivity (Wildman–Crippen MR) is 59.1 cm³/mol. The van der Waals surface area contributed by atoms with Crippen LogP contribution in [0.2, 0.25) is 0 Å². The first-order chi connectivity index (χ1) is 7.54. The molecule has 2 fully saturated rings. The van der Waals surface area contributed by atoms with Crippen LogP contribution in [-0.2, 0) is 4.74 Å². The van der Waals surface area contributed by atoms with E-state index in [9.17, 15) is 14.6 Å². The van der Waals surface area contributed by atoms with Crippen LogP contribution in [0.25, 0.3) is 0 Å². The molecule has 3 N–H and O–H groups in total. The highest BCUT2D eigenvalue weighted by molar-refractivity contribution is 8.14. The van der Waals surface area contributed by atoms with Crippen molar-refractivity contribution in [2.45, 2.75) is 42.9 Å². The van der Waals surface area contributed by atoms with Gasteiger partial charge in [-0.15, -0.1) is 0 Å². The maximum Gasteiger partial charge on any atom is 0.159 e. The Balaban J connectivity index is 2.15. The van der Waals surface area contributed by atoms with Crippen molar-refractivity contribution in [2.75, 3.05) is 7.05 Å². The Labute approximate surface area is 97.1 Å². The van der Waals surface area contributed by atoms with Crippen LogP contribution in [-0.4, -0.2) is 58.4 Å². The first-order valence-electron chi connectivity index (χ1n) is 5.10. The molecule has 0 aromatic rings. The van der Waals surface area contributed by atoms with E-state index in [4.69, 9.17) is 4.74 Å². The predicted octanol–water partition coefficient (Wildman–Crippen LogP) is -0.518. The number of fused-ring (bicyclic) bond motifs is 1. The van der Waals surface area contributed by atoms with E-state index in [-0.39, 0.29) is 0 Å². The van der Waals surface area contributed by atoms with Crippen LogP contribution in [0.1, 0.15) is 6.92 Å². The van der Waals surface area contributed by atoms with E-state index in [0.29, 0.717) is 5.17 Å². The molecule has 0 saturated carbocycles. The molecule has 6 atom stereocenters. The molecule has 5 nitrogen and oxygen atoms in total. The second-order valence-electron chi connectivity index (χ2n) is 3.96. The Kier molecular flexibility index (Phi) is 3.39. The Bertz CT molecular complexity index is 302. The van der Waals surface area contributed by atoms with Crippen molar-refractivity contribution in [3.63, 3.8) is 0 Å². The number of hydrogen-bond acceptors (Lipinski definition) is 5. The molecule has 2 aliphatic rings. The van der Waals surface area contributed by atoms with Gasteiger partial charge in [0, 0.05) is 7.05 Å². The average Bonchev–Trinajstić information content (AvgIpc) is 2.66. The summed E-state index contributed by atoms with van der Waals surface area (Å²) in [5.41, 5.74) is -0.448. The average molecular weight is 250 g/mol. The van der Waals surface area contributed by atoms with Crippen molar-refractivity contribution >= 4 is 16.9 Å². The number of nitrogens with one attached hydrogen (secondary N) is 1. The largest absolute Gasteiger partial charge is 0.391 e. The number of halogens is 1. The van der Waals surface area contributed by atoms with Crippen molar-refractivity contribution in [2.24, 2.45) is 4.99 Å². The molecule has 0 aromatic carbocycles. The van der Waals surface area contributed by atoms with Crippen LogP contribution in [0.5, 0.6) is 0 Å². The molecule has 0 aromatic heterocycles. The first-order valence-corrected chi connectivity index (χ1v) is 5.98. The lowest BCUT2D eigenvalue weighted by molar-refractivity contribution is -0.167. The number of rotatable bonds is 1. The summed E-state index contributed by atoms with van der Waals surface area (Å²) in [4.78, 5) is 3.92. The molecule has 0 spiro atoms. The maximum absolute atomic E-state index is 13.9. The lowest BCUT2D eigenvalue weighted by atomic mass is 9.96. The molecule has 0 radical (unpaired) electrons. The molecule has 7 heteroatoms. The molecule has 0 bridgehead atoms. The SMILES string of the molecule is CN=C1N[C@@H]2[C@@H](F)[C@@H](O)[C@@H]([C@H](C)O)O[C@@H]2S1. The molecule has 16 heavy (non-hydrogen) atoms. The zero-order valence-electron chi connectivity index (χ0n) is 9.00. The van der Waals surface area contributed by atoms with Crippen molar-refractivity contribution < 1.29 is 19.3 Å². The highest BCUT2D eigenvalue weighted by Crippen LogP contribution is 2.35. The fraction of sp³-hybridized carbons (Fsp3) is 0.889. The zero-order valence-corrected chi connectivity index (χ0v) is 9.82. The molecule has 2 saturated heterocycles. The van der Waals surface area contributed by atoms with E-state index in [0.717, 1.165) is 0 Å². The van der Waals surface area contributed by atoms with Crippen molar-refractivity contribution in [3.05, 3.63) is 0 Å². The molecular formula is C9H15FN2O3S. The van der Waals surface area contributed by atoms with Gasteiger partial charge >= 0.3 is 0 Å². The Morgan fingerprint density at radius 3 is 2.88 bits per heavy atom. The highest BCUT2D eigenvalue weighted by atomic mass is 32.2. The molecule has 92 valence electrons. The molecule has 0 unspecified atom stereocenters. The van der Waals surface area contributed by atoms with Gasteiger partial charge in [-0.25, -0.2) is 4.39 Å². The van der Waals surface area contributed by atoms with E-state index in [1.165, 1.54) is 18.7 Å². The van der Waals surface area contributed by atoms with Crippen LogP contribution < -0.4 is 5.32 Å². The molecule has 2 rings (SSSR count). The summed E-state index contributed by atoms with van der Waals surface area (Å²) < 4.78 is 19.3. The minimum absolute atomic E-state index is 0.448. The standard InChI is InChI=1S/C9H15FN2O3S/c1-3(13)7-6(14)4(10)5-8(15-7)16-9(11-2)12-5/h3-8,13-14H,1-2H3,(H,11,12)/t3-,4+,5+,6+,7+,8+/m0/s1. The first kappa shape index (κ1) is 12.1. The third kappa shape index (κ3) is 1.92. The number of thioether (sulfide) groups is 1. The number of ether oxygens (including phenoxy) is 1. The smallest absolute Gasteiger partial charge is 0.159 e. The van der Waals surface area contributed by atoms with Crippen LogP contribution in [0.15, 0.2) is 4.99 Å². The van der Waals surface area contributed by atoms with Gasteiger partial charge < -0.3 is 20.3 Å². The summed E-state index contributed by atoms with van der Waals surface area (Å²) in [6, 6.07) is -0.603. The van der Waals surface area contributed by atoms with Gasteiger partial charge in [0.05, 0.1) is 12.1 Å². The lowest BCUT2D eigenvalue weighted by Gasteiger charge is -2.38. The zero-order chi connectivity index (χ0) is 11.9. The van der Waals surface area contributed by atoms with E-state index in [1.807, 2.05) is 0 Å². The van der Waals surface area contributed by atoms with E-state index in [2.05, 4.69) is 10.3 Å². The van der Waals surface area contributed by atoms with Gasteiger partial charge in [0.1, 0.15) is 17.6 Å². The van der Waals surface area contributed by atoms with E-state index >= 15 is 0 Å². The normalized spacial score (nSPS) is 47.6. The number of nitrogens with zero attached hydrogens (tertiary/aromatic N) is 1. The molecular weight excluding hydrogens is 235 g/mol. The Morgan fingerprint density at radius 2 is 2.31 bits per heavy atom. The van der Waals surface area contributed by atoms with Crippen LogP contribution >= 0.6 is 11.8 Å². The summed E-state index contributed by atoms with van der Waals surface area (Å²) in [7, 11) is 1.60. The van der Waals surface area contributed by atoms with Crippen LogP contribution in [0, 0.1) is 0 Å². The number of aliphatic hydroxyl groups excluding tert-OH is 2. The summed E-state index contributed by atoms with van der Waals surface area (Å²) in [6.45, 7) is 1.48. The lowest BCUT2D eigenvalue weighted by Crippen LogP contribution is -2.59. The van der Waals surface area contributed by atoms with Gasteiger partial charge in [0.15, 0.2) is 11.3 Å². The topological polar surface area (TPSA) is 74.1 Å². The quantitative estimate of drug-likeness (QED) is 0.584. The number of hydrogen-bond donors (Lipinski definition) is 3. The number of aliphatic imine (C=N–C) groups is 1. The van der Waals surface area contributed by atoms with Crippen molar-refractivity contribution in [1.29, 1.82) is 0 Å².